The van der Waals surface area contributed by atoms with Crippen LogP contribution in [0.25, 0.3) is 49.7 Å². The van der Waals surface area contributed by atoms with Crippen molar-refractivity contribution >= 4 is 95.8 Å². The number of furan rings is 1. The summed E-state index contributed by atoms with van der Waals surface area (Å²) < 4.78 is 9.75. The second kappa shape index (κ2) is 17.0. The summed E-state index contributed by atoms with van der Waals surface area (Å²) in [5.41, 5.74) is 29.5. The molecule has 4 aliphatic heterocycles. The molecule has 2 aromatic heterocycles. The fourth-order valence-electron chi connectivity index (χ4n) is 19.1. The van der Waals surface area contributed by atoms with Crippen molar-refractivity contribution in [3.05, 3.63) is 185 Å². The third-order valence-corrected chi connectivity index (χ3v) is 24.3. The lowest BCUT2D eigenvalue weighted by molar-refractivity contribution is 0.195. The van der Waals surface area contributed by atoms with Gasteiger partial charge in [-0.3, -0.25) is 0 Å². The predicted molar refractivity (Wildman–Crippen MR) is 369 cm³/mol. The Kier molecular flexibility index (Phi) is 10.5. The van der Waals surface area contributed by atoms with Crippen LogP contribution in [0.1, 0.15) is 194 Å². The molecule has 0 radical (unpaired) electrons. The molecule has 438 valence electrons. The van der Waals surface area contributed by atoms with Gasteiger partial charge in [0.25, 0.3) is 6.71 Å². The van der Waals surface area contributed by atoms with Crippen LogP contribution in [0.4, 0.5) is 39.8 Å². The van der Waals surface area contributed by atoms with Crippen molar-refractivity contribution in [1.82, 2.24) is 4.57 Å². The summed E-state index contributed by atoms with van der Waals surface area (Å²) in [5.74, 6) is 0. The monoisotopic (exact) mass is 1140 g/mol. The fraction of sp³-hybridized carbons (Fsp3) is 0.383. The second-order valence-electron chi connectivity index (χ2n) is 32.4. The molecule has 4 atom stereocenters. The molecule has 3 unspecified atom stereocenters. The fourth-order valence-corrected chi connectivity index (χ4v) is 19.1. The summed E-state index contributed by atoms with van der Waals surface area (Å²) in [6.07, 6.45) is 9.49. The van der Waals surface area contributed by atoms with Gasteiger partial charge in [0.15, 0.2) is 0 Å². The average Bonchev–Trinajstić information content (AvgIpc) is 1.59. The summed E-state index contributed by atoms with van der Waals surface area (Å²) in [4.78, 5) is 8.43. The van der Waals surface area contributed by atoms with E-state index >= 15 is 0 Å². The molecular formula is C81H85BN4O. The predicted octanol–water partition coefficient (Wildman–Crippen LogP) is 19.8. The van der Waals surface area contributed by atoms with E-state index in [1.165, 1.54) is 149 Å². The highest BCUT2D eigenvalue weighted by Crippen LogP contribution is 2.65. The first-order chi connectivity index (χ1) is 41.3. The maximum atomic E-state index is 6.94. The first-order valence-electron chi connectivity index (χ1n) is 33.0. The van der Waals surface area contributed by atoms with Crippen molar-refractivity contribution < 1.29 is 4.42 Å². The minimum Gasteiger partial charge on any atom is -0.456 e. The number of benzene rings is 8. The number of hydrogen-bond acceptors (Lipinski definition) is 4. The summed E-state index contributed by atoms with van der Waals surface area (Å²) in [6, 6.07) is 58.4. The molecular weight excluding hydrogens is 1060 g/mol. The van der Waals surface area contributed by atoms with Gasteiger partial charge in [0, 0.05) is 83.6 Å². The molecule has 17 rings (SSSR count). The van der Waals surface area contributed by atoms with Crippen molar-refractivity contribution in [2.75, 3.05) is 14.7 Å². The van der Waals surface area contributed by atoms with E-state index in [4.69, 9.17) is 4.42 Å². The first kappa shape index (κ1) is 53.8. The maximum absolute atomic E-state index is 6.94. The largest absolute Gasteiger partial charge is 0.456 e. The second-order valence-corrected chi connectivity index (χ2v) is 32.4. The molecule has 5 nitrogen and oxygen atoms in total. The van der Waals surface area contributed by atoms with Gasteiger partial charge in [-0.1, -0.05) is 201 Å². The summed E-state index contributed by atoms with van der Waals surface area (Å²) in [7, 11) is 0. The summed E-state index contributed by atoms with van der Waals surface area (Å²) in [6.45, 7) is 36.9. The molecule has 7 aliphatic rings. The number of hydrogen-bond donors (Lipinski definition) is 0. The maximum Gasteiger partial charge on any atom is 0.252 e. The molecule has 3 aliphatic carbocycles. The lowest BCUT2D eigenvalue weighted by atomic mass is 9.33. The zero-order chi connectivity index (χ0) is 60.2. The smallest absolute Gasteiger partial charge is 0.252 e. The van der Waals surface area contributed by atoms with E-state index < -0.39 is 0 Å². The van der Waals surface area contributed by atoms with E-state index in [9.17, 15) is 0 Å². The van der Waals surface area contributed by atoms with Gasteiger partial charge >= 0.3 is 0 Å². The van der Waals surface area contributed by atoms with E-state index in [-0.39, 0.29) is 50.3 Å². The van der Waals surface area contributed by atoms with E-state index in [0.29, 0.717) is 0 Å². The number of rotatable bonds is 3. The van der Waals surface area contributed by atoms with Gasteiger partial charge in [0.05, 0.1) is 22.2 Å². The summed E-state index contributed by atoms with van der Waals surface area (Å²) in [5, 5.41) is 3.66. The standard InChI is InChI=1S/C81H85BN4O/c1-74(2,3)48-31-35-61-57(42-48)78(12)37-20-22-39-80(78,14)85(61)51-33-34-59-64(45-51)83(63-28-24-30-68-70(63)54-26-17-19-29-67(54)87-68)65-46-52(86-62-36-32-49(75(4,5)6)43-58(62)79(13)38-21-23-40-81(79,86)15)47-66-71(65)82(59)60-44-50(76(7,8)9)41-55-69-53-25-16-18-27-56(53)77(10,11)73(69)84(66)72(55)60/h16-19,24-36,41-47H,20-23,37-40H2,1-15H3/t78?,79?,80-,81?/m0/s1. The highest BCUT2D eigenvalue weighted by Gasteiger charge is 2.60. The zero-order valence-corrected chi connectivity index (χ0v) is 54.3. The molecule has 6 heteroatoms. The van der Waals surface area contributed by atoms with E-state index in [0.717, 1.165) is 46.9 Å². The molecule has 0 spiro atoms. The van der Waals surface area contributed by atoms with Crippen molar-refractivity contribution in [2.45, 2.75) is 199 Å². The first-order valence-corrected chi connectivity index (χ1v) is 33.0. The Morgan fingerprint density at radius 2 is 1.01 bits per heavy atom. The molecule has 0 bridgehead atoms. The van der Waals surface area contributed by atoms with Crippen molar-refractivity contribution in [2.24, 2.45) is 0 Å². The normalized spacial score (nSPS) is 23.9. The van der Waals surface area contributed by atoms with Crippen molar-refractivity contribution in [3.63, 3.8) is 0 Å². The van der Waals surface area contributed by atoms with Gasteiger partial charge in [0.2, 0.25) is 0 Å². The highest BCUT2D eigenvalue weighted by molar-refractivity contribution is 7.00. The minimum absolute atomic E-state index is 0.0181. The molecule has 6 heterocycles. The van der Waals surface area contributed by atoms with Gasteiger partial charge in [-0.05, 0) is 172 Å². The number of fused-ring (bicyclic) bond motifs is 18. The Morgan fingerprint density at radius 1 is 0.437 bits per heavy atom. The van der Waals surface area contributed by atoms with Crippen LogP contribution in [0.15, 0.2) is 150 Å². The van der Waals surface area contributed by atoms with Crippen molar-refractivity contribution in [3.8, 4) is 16.8 Å². The van der Waals surface area contributed by atoms with Crippen molar-refractivity contribution in [1.29, 1.82) is 0 Å². The Balaban J connectivity index is 1.03. The Labute approximate surface area is 516 Å². The van der Waals surface area contributed by atoms with Crippen LogP contribution in [-0.4, -0.2) is 22.4 Å². The zero-order valence-electron chi connectivity index (χ0n) is 54.3. The highest BCUT2D eigenvalue weighted by atomic mass is 16.3. The Hall–Kier alpha value is -7.44. The summed E-state index contributed by atoms with van der Waals surface area (Å²) >= 11 is 0. The van der Waals surface area contributed by atoms with Crippen LogP contribution in [0.5, 0.6) is 0 Å². The minimum atomic E-state index is -0.288. The Bertz CT molecular complexity index is 4680. The molecule has 0 N–H and O–H groups in total. The van der Waals surface area contributed by atoms with E-state index in [1.807, 2.05) is 0 Å². The van der Waals surface area contributed by atoms with E-state index in [2.05, 4.69) is 269 Å². The molecule has 8 aromatic carbocycles. The number of nitrogens with zero attached hydrogens (tertiary/aromatic N) is 4. The third kappa shape index (κ3) is 6.73. The SMILES string of the molecule is CC(C)(C)c1ccc2c(c1)C1(C)CCCCC1(C)N2c1cc2c3c(c1)-n1c4c(c5cc(C(C)(C)C)cc(c51)B3c1ccc(N3c5ccc(C(C)(C)C)cc5C5(C)CCCC[C@]35C)cc1N2c1cccc2oc3ccccc3c12)-c1ccccc1C4(C)C. The molecule has 0 amide bonds. The molecule has 2 saturated carbocycles. The average molecular weight is 1140 g/mol. The van der Waals surface area contributed by atoms with Crippen LogP contribution < -0.4 is 31.1 Å². The molecule has 2 fully saturated rings. The number of aromatic nitrogens is 1. The third-order valence-electron chi connectivity index (χ3n) is 24.3. The van der Waals surface area contributed by atoms with Crippen LogP contribution in [-0.2, 0) is 32.5 Å². The lowest BCUT2D eigenvalue weighted by Gasteiger charge is -2.51. The molecule has 0 saturated heterocycles. The van der Waals surface area contributed by atoms with Gasteiger partial charge in [0.1, 0.15) is 11.2 Å². The number of anilines is 7. The van der Waals surface area contributed by atoms with Crippen LogP contribution in [0.3, 0.4) is 0 Å². The topological polar surface area (TPSA) is 27.8 Å². The Morgan fingerprint density at radius 3 is 1.67 bits per heavy atom. The van der Waals surface area contributed by atoms with Gasteiger partial charge in [-0.25, -0.2) is 0 Å². The van der Waals surface area contributed by atoms with Crippen LogP contribution in [0.2, 0.25) is 0 Å². The van der Waals surface area contributed by atoms with Gasteiger partial charge in [-0.2, -0.15) is 0 Å². The quantitative estimate of drug-likeness (QED) is 0.165. The number of para-hydroxylation sites is 1. The molecule has 10 aromatic rings. The van der Waals surface area contributed by atoms with Crippen LogP contribution >= 0.6 is 0 Å². The van der Waals surface area contributed by atoms with Gasteiger partial charge < -0.3 is 23.7 Å². The van der Waals surface area contributed by atoms with Gasteiger partial charge in [-0.15, -0.1) is 0 Å². The van der Waals surface area contributed by atoms with E-state index in [1.54, 1.807) is 0 Å². The lowest BCUT2D eigenvalue weighted by Crippen LogP contribution is -2.61. The molecule has 87 heavy (non-hydrogen) atoms. The van der Waals surface area contributed by atoms with Crippen LogP contribution in [0, 0.1) is 0 Å².